The third-order valence-electron chi connectivity index (χ3n) is 3.40. The number of hydrogen-bond acceptors (Lipinski definition) is 3. The van der Waals surface area contributed by atoms with Crippen LogP contribution in [0.5, 0.6) is 0 Å². The SMILES string of the molecule is Nc1c(NCCc2ccccc2)ccc2ncccc12. The molecule has 3 aromatic rings. The number of aromatic nitrogens is 1. The summed E-state index contributed by atoms with van der Waals surface area (Å²) in [5.74, 6) is 0. The molecule has 3 nitrogen and oxygen atoms in total. The summed E-state index contributed by atoms with van der Waals surface area (Å²) < 4.78 is 0. The van der Waals surface area contributed by atoms with Crippen molar-refractivity contribution in [3.63, 3.8) is 0 Å². The molecular weight excluding hydrogens is 246 g/mol. The van der Waals surface area contributed by atoms with Gasteiger partial charge in [0.15, 0.2) is 0 Å². The average molecular weight is 263 g/mol. The number of nitrogens with two attached hydrogens (primary N) is 1. The molecule has 0 bridgehead atoms. The smallest absolute Gasteiger partial charge is 0.0724 e. The van der Waals surface area contributed by atoms with Gasteiger partial charge in [-0.05, 0) is 36.2 Å². The fourth-order valence-electron chi connectivity index (χ4n) is 2.32. The predicted molar refractivity (Wildman–Crippen MR) is 84.8 cm³/mol. The molecule has 0 radical (unpaired) electrons. The van der Waals surface area contributed by atoms with Crippen molar-refractivity contribution >= 4 is 22.3 Å². The van der Waals surface area contributed by atoms with Crippen molar-refractivity contribution in [3.05, 3.63) is 66.4 Å². The Bertz CT molecular complexity index is 708. The molecule has 0 aliphatic rings. The van der Waals surface area contributed by atoms with Gasteiger partial charge in [-0.25, -0.2) is 0 Å². The van der Waals surface area contributed by atoms with Gasteiger partial charge in [0.1, 0.15) is 0 Å². The third-order valence-corrected chi connectivity index (χ3v) is 3.40. The van der Waals surface area contributed by atoms with Crippen LogP contribution in [0.1, 0.15) is 5.56 Å². The van der Waals surface area contributed by atoms with E-state index in [9.17, 15) is 0 Å². The highest BCUT2D eigenvalue weighted by Crippen LogP contribution is 2.27. The Hall–Kier alpha value is -2.55. The molecule has 0 spiro atoms. The Morgan fingerprint density at radius 1 is 0.950 bits per heavy atom. The lowest BCUT2D eigenvalue weighted by Gasteiger charge is -2.11. The quantitative estimate of drug-likeness (QED) is 0.709. The number of pyridine rings is 1. The molecule has 0 aliphatic carbocycles. The van der Waals surface area contributed by atoms with Crippen molar-refractivity contribution in [2.24, 2.45) is 0 Å². The third kappa shape index (κ3) is 2.57. The molecule has 0 atom stereocenters. The van der Waals surface area contributed by atoms with Gasteiger partial charge in [0.25, 0.3) is 0 Å². The van der Waals surface area contributed by atoms with Gasteiger partial charge in [0.2, 0.25) is 0 Å². The van der Waals surface area contributed by atoms with Crippen LogP contribution in [0, 0.1) is 0 Å². The number of nitrogens with one attached hydrogen (secondary N) is 1. The fraction of sp³-hybridized carbons (Fsp3) is 0.118. The first-order valence-electron chi connectivity index (χ1n) is 6.75. The van der Waals surface area contributed by atoms with Gasteiger partial charge in [0.05, 0.1) is 16.9 Å². The Labute approximate surface area is 118 Å². The summed E-state index contributed by atoms with van der Waals surface area (Å²) in [7, 11) is 0. The van der Waals surface area contributed by atoms with E-state index in [2.05, 4.69) is 34.6 Å². The van der Waals surface area contributed by atoms with E-state index in [-0.39, 0.29) is 0 Å². The van der Waals surface area contributed by atoms with Crippen LogP contribution >= 0.6 is 0 Å². The zero-order chi connectivity index (χ0) is 13.8. The molecule has 20 heavy (non-hydrogen) atoms. The summed E-state index contributed by atoms with van der Waals surface area (Å²) in [6.07, 6.45) is 2.76. The highest BCUT2D eigenvalue weighted by Gasteiger charge is 2.04. The lowest BCUT2D eigenvalue weighted by Crippen LogP contribution is -2.07. The summed E-state index contributed by atoms with van der Waals surface area (Å²) in [4.78, 5) is 4.30. The predicted octanol–water partition coefficient (Wildman–Crippen LogP) is 3.47. The molecule has 2 aromatic carbocycles. The van der Waals surface area contributed by atoms with E-state index in [0.29, 0.717) is 0 Å². The number of benzene rings is 2. The first kappa shape index (κ1) is 12.5. The second-order valence-corrected chi connectivity index (χ2v) is 4.76. The molecule has 0 amide bonds. The maximum Gasteiger partial charge on any atom is 0.0724 e. The average Bonchev–Trinajstić information content (AvgIpc) is 2.51. The molecule has 0 saturated carbocycles. The van der Waals surface area contributed by atoms with Gasteiger partial charge in [-0.15, -0.1) is 0 Å². The maximum absolute atomic E-state index is 6.20. The second kappa shape index (κ2) is 5.61. The van der Waals surface area contributed by atoms with Crippen molar-refractivity contribution in [3.8, 4) is 0 Å². The first-order valence-corrected chi connectivity index (χ1v) is 6.75. The van der Waals surface area contributed by atoms with Crippen LogP contribution in [0.25, 0.3) is 10.9 Å². The van der Waals surface area contributed by atoms with E-state index < -0.39 is 0 Å². The Morgan fingerprint density at radius 3 is 2.65 bits per heavy atom. The van der Waals surface area contributed by atoms with E-state index in [1.807, 2.05) is 30.3 Å². The molecule has 3 rings (SSSR count). The van der Waals surface area contributed by atoms with Crippen molar-refractivity contribution in [1.29, 1.82) is 0 Å². The monoisotopic (exact) mass is 263 g/mol. The number of nitrogens with zero attached hydrogens (tertiary/aromatic N) is 1. The lowest BCUT2D eigenvalue weighted by atomic mass is 10.1. The highest BCUT2D eigenvalue weighted by molar-refractivity contribution is 5.96. The molecule has 0 unspecified atom stereocenters. The number of hydrogen-bond donors (Lipinski definition) is 2. The van der Waals surface area contributed by atoms with E-state index >= 15 is 0 Å². The molecule has 0 fully saturated rings. The minimum Gasteiger partial charge on any atom is -0.397 e. The van der Waals surface area contributed by atoms with Crippen LogP contribution in [-0.4, -0.2) is 11.5 Å². The number of fused-ring (bicyclic) bond motifs is 1. The summed E-state index contributed by atoms with van der Waals surface area (Å²) in [5.41, 5.74) is 10.2. The molecule has 3 heteroatoms. The molecule has 3 N–H and O–H groups in total. The molecule has 0 saturated heterocycles. The van der Waals surface area contributed by atoms with Gasteiger partial charge >= 0.3 is 0 Å². The van der Waals surface area contributed by atoms with Crippen LogP contribution in [-0.2, 0) is 6.42 Å². The van der Waals surface area contributed by atoms with E-state index in [1.54, 1.807) is 6.20 Å². The summed E-state index contributed by atoms with van der Waals surface area (Å²) in [6, 6.07) is 18.3. The lowest BCUT2D eigenvalue weighted by molar-refractivity contribution is 1.02. The van der Waals surface area contributed by atoms with Gasteiger partial charge in [-0.2, -0.15) is 0 Å². The Balaban J connectivity index is 1.73. The zero-order valence-electron chi connectivity index (χ0n) is 11.2. The largest absolute Gasteiger partial charge is 0.397 e. The van der Waals surface area contributed by atoms with Crippen molar-refractivity contribution in [2.45, 2.75) is 6.42 Å². The van der Waals surface area contributed by atoms with Crippen molar-refractivity contribution < 1.29 is 0 Å². The zero-order valence-corrected chi connectivity index (χ0v) is 11.2. The van der Waals surface area contributed by atoms with Crippen molar-refractivity contribution in [1.82, 2.24) is 4.98 Å². The van der Waals surface area contributed by atoms with Crippen LogP contribution in [0.3, 0.4) is 0 Å². The van der Waals surface area contributed by atoms with E-state index in [1.165, 1.54) is 5.56 Å². The molecule has 1 aromatic heterocycles. The highest BCUT2D eigenvalue weighted by atomic mass is 14.9. The second-order valence-electron chi connectivity index (χ2n) is 4.76. The topological polar surface area (TPSA) is 50.9 Å². The van der Waals surface area contributed by atoms with Gasteiger partial charge < -0.3 is 11.1 Å². The number of nitrogen functional groups attached to an aromatic ring is 1. The summed E-state index contributed by atoms with van der Waals surface area (Å²) in [5, 5.41) is 4.40. The summed E-state index contributed by atoms with van der Waals surface area (Å²) in [6.45, 7) is 0.861. The minimum absolute atomic E-state index is 0.767. The molecule has 100 valence electrons. The van der Waals surface area contributed by atoms with Crippen LogP contribution < -0.4 is 11.1 Å². The van der Waals surface area contributed by atoms with E-state index in [0.717, 1.165) is 35.2 Å². The van der Waals surface area contributed by atoms with Crippen molar-refractivity contribution in [2.75, 3.05) is 17.6 Å². The number of rotatable bonds is 4. The Kier molecular flexibility index (Phi) is 3.50. The fourth-order valence-corrected chi connectivity index (χ4v) is 2.32. The molecule has 0 aliphatic heterocycles. The minimum atomic E-state index is 0.767. The van der Waals surface area contributed by atoms with Gasteiger partial charge in [-0.1, -0.05) is 30.3 Å². The molecule has 1 heterocycles. The van der Waals surface area contributed by atoms with Gasteiger partial charge in [0, 0.05) is 18.1 Å². The van der Waals surface area contributed by atoms with E-state index in [4.69, 9.17) is 5.73 Å². The van der Waals surface area contributed by atoms with Gasteiger partial charge in [-0.3, -0.25) is 4.98 Å². The van der Waals surface area contributed by atoms with Crippen LogP contribution in [0.4, 0.5) is 11.4 Å². The normalized spacial score (nSPS) is 10.6. The first-order chi connectivity index (χ1) is 9.84. The number of anilines is 2. The van der Waals surface area contributed by atoms with Crippen LogP contribution in [0.2, 0.25) is 0 Å². The molecular formula is C17H17N3. The maximum atomic E-state index is 6.20. The Morgan fingerprint density at radius 2 is 1.80 bits per heavy atom. The standard InChI is InChI=1S/C17H17N3/c18-17-14-7-4-11-19-15(14)8-9-16(17)20-12-10-13-5-2-1-3-6-13/h1-9,11,20H,10,12,18H2. The summed E-state index contributed by atoms with van der Waals surface area (Å²) >= 11 is 0. The van der Waals surface area contributed by atoms with Crippen LogP contribution in [0.15, 0.2) is 60.8 Å².